The lowest BCUT2D eigenvalue weighted by molar-refractivity contribution is 0.589. The first-order chi connectivity index (χ1) is 37.9. The van der Waals surface area contributed by atoms with Crippen molar-refractivity contribution in [3.05, 3.63) is 284 Å². The maximum Gasteiger partial charge on any atom is 0.137 e. The number of hydrogen-bond donors (Lipinski definition) is 0. The number of aryl methyl sites for hydroxylation is 2. The Kier molecular flexibility index (Phi) is 12.3. The minimum atomic E-state index is -0.0872. The van der Waals surface area contributed by atoms with Crippen molar-refractivity contribution in [2.24, 2.45) is 0 Å². The number of nitrogens with zero attached hydrogens (tertiary/aromatic N) is 5. The van der Waals surface area contributed by atoms with E-state index in [1.54, 1.807) is 0 Å². The molecule has 0 saturated heterocycles. The SMILES string of the molecule is CC(C)(C)c1ccnc(N2c3ccccc3-c3ccccc3N(c3ccccc3)c3ccccc3-c3ccc(CCc4cccc(N5CN(c6c(-c7ccccc7)cccc6-c6ccccc6)c6ccccc65)c4)cc32)c1. The molecule has 0 unspecified atom stereocenters. The van der Waals surface area contributed by atoms with E-state index in [0.29, 0.717) is 6.67 Å². The normalized spacial score (nSPS) is 12.8. The van der Waals surface area contributed by atoms with Crippen LogP contribution in [0.5, 0.6) is 0 Å². The highest BCUT2D eigenvalue weighted by Gasteiger charge is 2.33. The van der Waals surface area contributed by atoms with Crippen molar-refractivity contribution < 1.29 is 0 Å². The lowest BCUT2D eigenvalue weighted by Crippen LogP contribution is -2.25. The molecule has 1 aromatic heterocycles. The summed E-state index contributed by atoms with van der Waals surface area (Å²) in [6.07, 6.45) is 3.69. The molecule has 0 aliphatic carbocycles. The van der Waals surface area contributed by atoms with E-state index in [1.807, 2.05) is 6.20 Å². The Morgan fingerprint density at radius 2 is 0.805 bits per heavy atom. The molecule has 372 valence electrons. The monoisotopic (exact) mass is 993 g/mol. The zero-order valence-electron chi connectivity index (χ0n) is 43.8. The highest BCUT2D eigenvalue weighted by Crippen LogP contribution is 2.54. The smallest absolute Gasteiger partial charge is 0.137 e. The molecule has 2 aliphatic heterocycles. The molecule has 0 radical (unpaired) electrons. The van der Waals surface area contributed by atoms with Crippen molar-refractivity contribution in [3.63, 3.8) is 0 Å². The Hall–Kier alpha value is -9.45. The van der Waals surface area contributed by atoms with Gasteiger partial charge in [0.2, 0.25) is 0 Å². The summed E-state index contributed by atoms with van der Waals surface area (Å²) in [5.41, 5.74) is 23.3. The highest BCUT2D eigenvalue weighted by molar-refractivity contribution is 6.03. The number of pyridine rings is 1. The Morgan fingerprint density at radius 3 is 1.39 bits per heavy atom. The first-order valence-corrected chi connectivity index (χ1v) is 26.9. The summed E-state index contributed by atoms with van der Waals surface area (Å²) in [5.74, 6) is 0.883. The third kappa shape index (κ3) is 8.90. The fourth-order valence-corrected chi connectivity index (χ4v) is 11.5. The Labute approximate surface area is 453 Å². The van der Waals surface area contributed by atoms with Gasteiger partial charge in [0, 0.05) is 51.0 Å². The van der Waals surface area contributed by atoms with Gasteiger partial charge in [0.15, 0.2) is 0 Å². The summed E-state index contributed by atoms with van der Waals surface area (Å²) in [5, 5.41) is 0. The molecule has 0 fully saturated rings. The molecule has 0 atom stereocenters. The maximum absolute atomic E-state index is 5.23. The lowest BCUT2D eigenvalue weighted by atomic mass is 9.87. The van der Waals surface area contributed by atoms with Gasteiger partial charge in [-0.25, -0.2) is 4.98 Å². The first-order valence-electron chi connectivity index (χ1n) is 26.9. The van der Waals surface area contributed by atoms with Crippen LogP contribution in [0.15, 0.2) is 267 Å². The average Bonchev–Trinajstić information content (AvgIpc) is 4.00. The number of anilines is 10. The zero-order chi connectivity index (χ0) is 51.9. The molecule has 0 N–H and O–H groups in total. The number of hydrogen-bond acceptors (Lipinski definition) is 5. The summed E-state index contributed by atoms with van der Waals surface area (Å²) < 4.78 is 0. The van der Waals surface area contributed by atoms with E-state index in [1.165, 1.54) is 61.7 Å². The Bertz CT molecular complexity index is 3860. The van der Waals surface area contributed by atoms with Gasteiger partial charge in [0.05, 0.1) is 39.8 Å². The summed E-state index contributed by atoms with van der Waals surface area (Å²) in [6.45, 7) is 7.51. The molecule has 5 nitrogen and oxygen atoms in total. The van der Waals surface area contributed by atoms with Crippen LogP contribution >= 0.6 is 0 Å². The van der Waals surface area contributed by atoms with Crippen LogP contribution in [0.2, 0.25) is 0 Å². The van der Waals surface area contributed by atoms with Crippen LogP contribution in [0.3, 0.4) is 0 Å². The van der Waals surface area contributed by atoms with E-state index in [2.05, 4.69) is 301 Å². The lowest BCUT2D eigenvalue weighted by Gasteiger charge is -2.35. The van der Waals surface area contributed by atoms with E-state index in [9.17, 15) is 0 Å². The van der Waals surface area contributed by atoms with Crippen molar-refractivity contribution in [2.75, 3.05) is 26.3 Å². The Balaban J connectivity index is 0.910. The summed E-state index contributed by atoms with van der Waals surface area (Å²) in [6, 6.07) is 95.3. The summed E-state index contributed by atoms with van der Waals surface area (Å²) in [7, 11) is 0. The van der Waals surface area contributed by atoms with Gasteiger partial charge in [-0.1, -0.05) is 209 Å². The third-order valence-corrected chi connectivity index (χ3v) is 15.3. The number of aromatic nitrogens is 1. The fraction of sp³-hybridized carbons (Fsp3) is 0.0972. The van der Waals surface area contributed by atoms with Crippen LogP contribution in [-0.2, 0) is 18.3 Å². The van der Waals surface area contributed by atoms with Crippen LogP contribution in [0.25, 0.3) is 44.5 Å². The van der Waals surface area contributed by atoms with Gasteiger partial charge < -0.3 is 14.7 Å². The van der Waals surface area contributed by atoms with Crippen molar-refractivity contribution in [1.82, 2.24) is 4.98 Å². The van der Waals surface area contributed by atoms with Crippen LogP contribution in [-0.4, -0.2) is 11.7 Å². The summed E-state index contributed by atoms with van der Waals surface area (Å²) >= 11 is 0. The molecule has 11 aromatic rings. The third-order valence-electron chi connectivity index (χ3n) is 15.3. The molecule has 3 heterocycles. The second-order valence-corrected chi connectivity index (χ2v) is 21.2. The van der Waals surface area contributed by atoms with Crippen LogP contribution in [0.1, 0.15) is 37.5 Å². The van der Waals surface area contributed by atoms with E-state index >= 15 is 0 Å². The topological polar surface area (TPSA) is 25.9 Å². The van der Waals surface area contributed by atoms with Gasteiger partial charge in [-0.15, -0.1) is 0 Å². The van der Waals surface area contributed by atoms with Gasteiger partial charge in [0.25, 0.3) is 0 Å². The second-order valence-electron chi connectivity index (χ2n) is 21.2. The first kappa shape index (κ1) is 47.3. The molecule has 0 spiro atoms. The molecule has 0 amide bonds. The van der Waals surface area contributed by atoms with Crippen molar-refractivity contribution >= 4 is 57.0 Å². The van der Waals surface area contributed by atoms with Gasteiger partial charge in [0.1, 0.15) is 12.5 Å². The largest absolute Gasteiger partial charge is 0.321 e. The predicted octanol–water partition coefficient (Wildman–Crippen LogP) is 19.3. The van der Waals surface area contributed by atoms with Crippen LogP contribution in [0.4, 0.5) is 57.0 Å². The van der Waals surface area contributed by atoms with E-state index in [0.717, 1.165) is 69.4 Å². The van der Waals surface area contributed by atoms with Crippen LogP contribution < -0.4 is 19.6 Å². The zero-order valence-corrected chi connectivity index (χ0v) is 43.8. The number of fused-ring (bicyclic) bond motifs is 7. The quantitative estimate of drug-likeness (QED) is 0.144. The molecular formula is C72H59N5. The van der Waals surface area contributed by atoms with Gasteiger partial charge in [-0.2, -0.15) is 0 Å². The number of para-hydroxylation sites is 7. The maximum atomic E-state index is 5.23. The molecule has 10 aromatic carbocycles. The van der Waals surface area contributed by atoms with Crippen molar-refractivity contribution in [3.8, 4) is 44.5 Å². The molecule has 2 aliphatic rings. The molecule has 0 bridgehead atoms. The molecular weight excluding hydrogens is 935 g/mol. The second kappa shape index (κ2) is 20.0. The average molecular weight is 994 g/mol. The summed E-state index contributed by atoms with van der Waals surface area (Å²) in [4.78, 5) is 15.1. The predicted molar refractivity (Wildman–Crippen MR) is 323 cm³/mol. The fourth-order valence-electron chi connectivity index (χ4n) is 11.5. The minimum absolute atomic E-state index is 0.0872. The van der Waals surface area contributed by atoms with E-state index in [4.69, 9.17) is 4.98 Å². The highest BCUT2D eigenvalue weighted by atomic mass is 15.4. The number of rotatable bonds is 9. The molecule has 13 rings (SSSR count). The molecule has 0 saturated carbocycles. The number of benzene rings is 10. The van der Waals surface area contributed by atoms with E-state index < -0.39 is 0 Å². The van der Waals surface area contributed by atoms with E-state index in [-0.39, 0.29) is 5.41 Å². The minimum Gasteiger partial charge on any atom is -0.321 e. The Morgan fingerprint density at radius 1 is 0.351 bits per heavy atom. The standard InChI is InChI=1S/C72H59N5/c1-72(2,3)55-45-46-73-70(49-55)77-66-38-18-15-32-61(66)60-31-13-16-36-64(60)76(56-28-11-6-12-29-56)65-37-17-14-33-62(65)63-44-43-52(48-69(63)77)42-41-51-23-21-30-57(47-51)74-50-75(68-40-20-19-39-67(68)74)71-58(53-24-7-4-8-25-53)34-22-35-59(71)54-26-9-5-10-27-54/h4-40,43-49H,41-42,50H2,1-3H3. The molecule has 5 heteroatoms. The van der Waals surface area contributed by atoms with Gasteiger partial charge in [-0.3, -0.25) is 4.90 Å². The van der Waals surface area contributed by atoms with Gasteiger partial charge in [-0.05, 0) is 119 Å². The van der Waals surface area contributed by atoms with Crippen LogP contribution in [0, 0.1) is 0 Å². The van der Waals surface area contributed by atoms with Crippen molar-refractivity contribution in [1.29, 1.82) is 0 Å². The van der Waals surface area contributed by atoms with Crippen molar-refractivity contribution in [2.45, 2.75) is 39.0 Å². The van der Waals surface area contributed by atoms with Gasteiger partial charge >= 0.3 is 0 Å². The molecule has 77 heavy (non-hydrogen) atoms.